The molecule has 4 heteroatoms. The molecule has 0 amide bonds. The van der Waals surface area contributed by atoms with Crippen LogP contribution in [0.1, 0.15) is 11.1 Å². The SMILES string of the molecule is Clc1ccc(NCc2ccc(OCc3ccccc3)c(Cl)c2)cc1. The molecular weight excluding hydrogens is 341 g/mol. The van der Waals surface area contributed by atoms with Crippen LogP contribution in [0.3, 0.4) is 0 Å². The molecule has 0 unspecified atom stereocenters. The maximum atomic E-state index is 6.33. The standard InChI is InChI=1S/C20H17Cl2NO/c21-17-7-9-18(10-8-17)23-13-16-6-11-20(19(22)12-16)24-14-15-4-2-1-3-5-15/h1-12,23H,13-14H2. The van der Waals surface area contributed by atoms with Gasteiger partial charge in [0.2, 0.25) is 0 Å². The van der Waals surface area contributed by atoms with Gasteiger partial charge in [0.15, 0.2) is 0 Å². The Kier molecular flexibility index (Phi) is 5.63. The minimum Gasteiger partial charge on any atom is -0.487 e. The third kappa shape index (κ3) is 4.67. The fourth-order valence-corrected chi connectivity index (χ4v) is 2.66. The number of hydrogen-bond acceptors (Lipinski definition) is 2. The Balaban J connectivity index is 1.58. The van der Waals surface area contributed by atoms with E-state index in [9.17, 15) is 0 Å². The van der Waals surface area contributed by atoms with Crippen LogP contribution in [0.5, 0.6) is 5.75 Å². The molecule has 0 spiro atoms. The van der Waals surface area contributed by atoms with Crippen molar-refractivity contribution in [3.05, 3.63) is 94.0 Å². The highest BCUT2D eigenvalue weighted by Crippen LogP contribution is 2.27. The minimum atomic E-state index is 0.503. The maximum absolute atomic E-state index is 6.33. The van der Waals surface area contributed by atoms with Gasteiger partial charge in [-0.2, -0.15) is 0 Å². The van der Waals surface area contributed by atoms with Crippen LogP contribution in [-0.2, 0) is 13.2 Å². The summed E-state index contributed by atoms with van der Waals surface area (Å²) in [4.78, 5) is 0. The zero-order valence-corrected chi connectivity index (χ0v) is 14.5. The van der Waals surface area contributed by atoms with Gasteiger partial charge in [-0.3, -0.25) is 0 Å². The van der Waals surface area contributed by atoms with Crippen LogP contribution in [-0.4, -0.2) is 0 Å². The van der Waals surface area contributed by atoms with E-state index in [0.29, 0.717) is 23.9 Å². The van der Waals surface area contributed by atoms with E-state index in [1.807, 2.05) is 72.8 Å². The zero-order valence-electron chi connectivity index (χ0n) is 13.0. The third-order valence-corrected chi connectivity index (χ3v) is 4.12. The molecule has 0 radical (unpaired) electrons. The number of nitrogens with one attached hydrogen (secondary N) is 1. The Labute approximate surface area is 152 Å². The van der Waals surface area contributed by atoms with Gasteiger partial charge < -0.3 is 10.1 Å². The fourth-order valence-electron chi connectivity index (χ4n) is 2.28. The fraction of sp³-hybridized carbons (Fsp3) is 0.100. The van der Waals surface area contributed by atoms with Gasteiger partial charge in [-0.1, -0.05) is 59.6 Å². The van der Waals surface area contributed by atoms with Crippen LogP contribution in [0.2, 0.25) is 10.0 Å². The zero-order chi connectivity index (χ0) is 16.8. The van der Waals surface area contributed by atoms with Crippen LogP contribution in [0, 0.1) is 0 Å². The molecule has 0 aliphatic carbocycles. The van der Waals surface area contributed by atoms with E-state index in [0.717, 1.165) is 21.8 Å². The second kappa shape index (κ2) is 8.09. The van der Waals surface area contributed by atoms with Crippen molar-refractivity contribution in [2.24, 2.45) is 0 Å². The van der Waals surface area contributed by atoms with Crippen molar-refractivity contribution < 1.29 is 4.74 Å². The van der Waals surface area contributed by atoms with E-state index in [2.05, 4.69) is 5.32 Å². The van der Waals surface area contributed by atoms with E-state index >= 15 is 0 Å². The van der Waals surface area contributed by atoms with Gasteiger partial charge in [0.1, 0.15) is 12.4 Å². The van der Waals surface area contributed by atoms with Crippen LogP contribution >= 0.6 is 23.2 Å². The first-order valence-corrected chi connectivity index (χ1v) is 8.41. The summed E-state index contributed by atoms with van der Waals surface area (Å²) in [6.45, 7) is 1.18. The van der Waals surface area contributed by atoms with Gasteiger partial charge in [0, 0.05) is 17.3 Å². The highest BCUT2D eigenvalue weighted by atomic mass is 35.5. The molecule has 0 heterocycles. The Morgan fingerprint density at radius 3 is 2.25 bits per heavy atom. The molecule has 0 bridgehead atoms. The molecule has 0 aliphatic rings. The summed E-state index contributed by atoms with van der Waals surface area (Å²) in [5.74, 6) is 0.691. The Morgan fingerprint density at radius 1 is 0.792 bits per heavy atom. The molecule has 0 saturated carbocycles. The predicted octanol–water partition coefficient (Wildman–Crippen LogP) is 6.18. The van der Waals surface area contributed by atoms with Crippen molar-refractivity contribution in [3.8, 4) is 5.75 Å². The lowest BCUT2D eigenvalue weighted by Gasteiger charge is -2.11. The summed E-state index contributed by atoms with van der Waals surface area (Å²) >= 11 is 12.2. The lowest BCUT2D eigenvalue weighted by atomic mass is 10.2. The molecule has 0 atom stereocenters. The van der Waals surface area contributed by atoms with Gasteiger partial charge in [-0.15, -0.1) is 0 Å². The number of benzene rings is 3. The van der Waals surface area contributed by atoms with Gasteiger partial charge >= 0.3 is 0 Å². The van der Waals surface area contributed by atoms with Crippen molar-refractivity contribution in [3.63, 3.8) is 0 Å². The van der Waals surface area contributed by atoms with Crippen LogP contribution in [0.4, 0.5) is 5.69 Å². The van der Waals surface area contributed by atoms with E-state index < -0.39 is 0 Å². The van der Waals surface area contributed by atoms with E-state index in [4.69, 9.17) is 27.9 Å². The lowest BCUT2D eigenvalue weighted by Crippen LogP contribution is -2.00. The topological polar surface area (TPSA) is 21.3 Å². The summed E-state index contributed by atoms with van der Waals surface area (Å²) < 4.78 is 5.79. The maximum Gasteiger partial charge on any atom is 0.138 e. The van der Waals surface area contributed by atoms with Crippen molar-refractivity contribution in [2.75, 3.05) is 5.32 Å². The highest BCUT2D eigenvalue weighted by molar-refractivity contribution is 6.32. The first-order valence-electron chi connectivity index (χ1n) is 7.65. The smallest absolute Gasteiger partial charge is 0.138 e. The second-order valence-corrected chi connectivity index (χ2v) is 6.24. The van der Waals surface area contributed by atoms with Gasteiger partial charge in [0.05, 0.1) is 5.02 Å². The Hall–Kier alpha value is -2.16. The summed E-state index contributed by atoms with van der Waals surface area (Å²) in [5.41, 5.74) is 3.21. The predicted molar refractivity (Wildman–Crippen MR) is 101 cm³/mol. The number of halogens is 2. The van der Waals surface area contributed by atoms with Crippen molar-refractivity contribution in [1.29, 1.82) is 0 Å². The molecule has 0 saturated heterocycles. The van der Waals surface area contributed by atoms with E-state index in [-0.39, 0.29) is 0 Å². The molecule has 3 rings (SSSR count). The Bertz CT molecular complexity index is 788. The number of anilines is 1. The van der Waals surface area contributed by atoms with Crippen LogP contribution in [0.25, 0.3) is 0 Å². The molecule has 0 aromatic heterocycles. The average Bonchev–Trinajstić information content (AvgIpc) is 2.61. The monoisotopic (exact) mass is 357 g/mol. The molecule has 1 N–H and O–H groups in total. The lowest BCUT2D eigenvalue weighted by molar-refractivity contribution is 0.306. The Morgan fingerprint density at radius 2 is 1.54 bits per heavy atom. The van der Waals surface area contributed by atoms with Crippen molar-refractivity contribution in [2.45, 2.75) is 13.2 Å². The molecule has 0 aliphatic heterocycles. The highest BCUT2D eigenvalue weighted by Gasteiger charge is 2.04. The number of ether oxygens (including phenoxy) is 1. The second-order valence-electron chi connectivity index (χ2n) is 5.40. The average molecular weight is 358 g/mol. The molecular formula is C20H17Cl2NO. The summed E-state index contributed by atoms with van der Waals surface area (Å²) in [5, 5.41) is 4.67. The molecule has 122 valence electrons. The summed E-state index contributed by atoms with van der Waals surface area (Å²) in [6, 6.07) is 23.5. The van der Waals surface area contributed by atoms with Crippen molar-refractivity contribution in [1.82, 2.24) is 0 Å². The van der Waals surface area contributed by atoms with Crippen LogP contribution < -0.4 is 10.1 Å². The van der Waals surface area contributed by atoms with Crippen LogP contribution in [0.15, 0.2) is 72.8 Å². The summed E-state index contributed by atoms with van der Waals surface area (Å²) in [7, 11) is 0. The van der Waals surface area contributed by atoms with Crippen molar-refractivity contribution >= 4 is 28.9 Å². The number of hydrogen-bond donors (Lipinski definition) is 1. The minimum absolute atomic E-state index is 0.503. The third-order valence-electron chi connectivity index (χ3n) is 3.57. The molecule has 2 nitrogen and oxygen atoms in total. The number of rotatable bonds is 6. The largest absolute Gasteiger partial charge is 0.487 e. The molecule has 3 aromatic rings. The first kappa shape index (κ1) is 16.7. The molecule has 24 heavy (non-hydrogen) atoms. The normalized spacial score (nSPS) is 10.4. The first-order chi connectivity index (χ1) is 11.7. The van der Waals surface area contributed by atoms with Gasteiger partial charge in [0.25, 0.3) is 0 Å². The van der Waals surface area contributed by atoms with E-state index in [1.165, 1.54) is 0 Å². The van der Waals surface area contributed by atoms with Gasteiger partial charge in [-0.25, -0.2) is 0 Å². The van der Waals surface area contributed by atoms with Gasteiger partial charge in [-0.05, 0) is 47.5 Å². The molecule has 0 fully saturated rings. The van der Waals surface area contributed by atoms with E-state index in [1.54, 1.807) is 0 Å². The summed E-state index contributed by atoms with van der Waals surface area (Å²) in [6.07, 6.45) is 0. The molecule has 3 aromatic carbocycles. The quantitative estimate of drug-likeness (QED) is 0.568.